The molecule has 1 aromatic rings. The third kappa shape index (κ3) is 14.6. The molecule has 11 nitrogen and oxygen atoms in total. The normalized spacial score (nSPS) is 19.7. The van der Waals surface area contributed by atoms with Crippen molar-refractivity contribution in [2.75, 3.05) is 27.2 Å². The zero-order chi connectivity index (χ0) is 34.4. The number of aliphatic carboxylic acids is 2. The average Bonchev–Trinajstić information content (AvgIpc) is 3.61. The lowest BCUT2D eigenvalue weighted by Crippen LogP contribution is -3.07. The van der Waals surface area contributed by atoms with Crippen LogP contribution in [0.25, 0.3) is 0 Å². The predicted molar refractivity (Wildman–Crippen MR) is 143 cm³/mol. The third-order valence-electron chi connectivity index (χ3n) is 6.63. The van der Waals surface area contributed by atoms with Gasteiger partial charge in [-0.3, -0.25) is 4.79 Å². The van der Waals surface area contributed by atoms with Crippen LogP contribution < -0.4 is 30.1 Å². The standard InChI is InChI=1S/C24H34N4O3.2C2HF3O2/c1-18(29)8-5-4-6-11-22(26-24(30)19-12-14-27(2)17-19)23-25-13-15-28(23)20-9-7-10-21(16-20)31-3;2*3-2(4,5)1(6)7/h7,9-10,13,15-16,19,22H,4-6,8,11-12,14,17H2,1-3H3,(H,26,30);2*(H,6,7)/t19-,22+;;/m1../s1. The molecule has 0 spiro atoms. The van der Waals surface area contributed by atoms with E-state index in [-0.39, 0.29) is 23.7 Å². The summed E-state index contributed by atoms with van der Waals surface area (Å²) in [6.45, 7) is 3.56. The summed E-state index contributed by atoms with van der Waals surface area (Å²) in [6.07, 6.45) is -1.40. The van der Waals surface area contributed by atoms with E-state index in [1.165, 1.54) is 4.90 Å². The monoisotopic (exact) mass is 654 g/mol. The number of hydrogen-bond donors (Lipinski definition) is 3. The van der Waals surface area contributed by atoms with Gasteiger partial charge in [0.2, 0.25) is 11.7 Å². The smallest absolute Gasteiger partial charge is 0.430 e. The molecule has 0 aliphatic carbocycles. The van der Waals surface area contributed by atoms with Crippen LogP contribution in [0.15, 0.2) is 41.7 Å². The number of carboxylic acid groups (broad SMARTS) is 2. The number of amides is 1. The van der Waals surface area contributed by atoms with E-state index in [2.05, 4.69) is 17.4 Å². The van der Waals surface area contributed by atoms with Gasteiger partial charge < -0.3 is 39.6 Å². The van der Waals surface area contributed by atoms with E-state index in [0.29, 0.717) is 6.42 Å². The molecular weight excluding hydrogens is 618 g/mol. The highest BCUT2D eigenvalue weighted by Crippen LogP contribution is 2.16. The van der Waals surface area contributed by atoms with E-state index in [4.69, 9.17) is 24.5 Å². The first-order valence-electron chi connectivity index (χ1n) is 13.8. The number of aliphatic imine (C=N–C) groups is 1. The van der Waals surface area contributed by atoms with E-state index >= 15 is 0 Å². The second-order valence-corrected chi connectivity index (χ2v) is 10.3. The van der Waals surface area contributed by atoms with Gasteiger partial charge in [0.25, 0.3) is 0 Å². The fourth-order valence-corrected chi connectivity index (χ4v) is 4.39. The van der Waals surface area contributed by atoms with E-state index in [1.54, 1.807) is 14.0 Å². The number of ketones is 1. The van der Waals surface area contributed by atoms with Crippen LogP contribution >= 0.6 is 0 Å². The number of methoxy groups -OCH3 is 1. The Bertz CT molecular complexity index is 1200. The van der Waals surface area contributed by atoms with Gasteiger partial charge in [0.05, 0.1) is 39.4 Å². The van der Waals surface area contributed by atoms with Gasteiger partial charge in [0, 0.05) is 25.0 Å². The molecule has 0 bridgehead atoms. The summed E-state index contributed by atoms with van der Waals surface area (Å²) >= 11 is 0. The first kappa shape index (κ1) is 39.0. The molecule has 0 aromatic heterocycles. The number of halogens is 6. The molecule has 2 unspecified atom stereocenters. The minimum Gasteiger partial charge on any atom is -0.542 e. The van der Waals surface area contributed by atoms with E-state index in [1.807, 2.05) is 36.7 Å². The van der Waals surface area contributed by atoms with Gasteiger partial charge in [0.15, 0.2) is 0 Å². The average molecular weight is 655 g/mol. The summed E-state index contributed by atoms with van der Waals surface area (Å²) in [5.41, 5.74) is 1.03. The molecule has 1 saturated heterocycles. The van der Waals surface area contributed by atoms with Gasteiger partial charge in [0.1, 0.15) is 41.4 Å². The molecule has 2 aliphatic heterocycles. The Morgan fingerprint density at radius 1 is 1.04 bits per heavy atom. The van der Waals surface area contributed by atoms with Crippen molar-refractivity contribution in [2.45, 2.75) is 63.8 Å². The topological polar surface area (TPSA) is 157 Å². The van der Waals surface area contributed by atoms with Crippen molar-refractivity contribution in [3.8, 4) is 5.75 Å². The zero-order valence-electron chi connectivity index (χ0n) is 24.8. The molecular formula is C28H36F6N4O7. The van der Waals surface area contributed by atoms with Crippen molar-refractivity contribution < 1.29 is 70.3 Å². The molecule has 2 heterocycles. The lowest BCUT2D eigenvalue weighted by Gasteiger charge is -2.23. The van der Waals surface area contributed by atoms with Crippen LogP contribution in [0.4, 0.5) is 32.0 Å². The number of ether oxygens (including phenoxy) is 1. The Labute approximate surface area is 255 Å². The summed E-state index contributed by atoms with van der Waals surface area (Å²) in [4.78, 5) is 48.9. The molecule has 1 fully saturated rings. The number of unbranched alkanes of at least 4 members (excludes halogenated alkanes) is 2. The highest BCUT2D eigenvalue weighted by Gasteiger charge is 2.35. The number of Topliss-reactive ketones (excluding diaryl/α,β-unsaturated/α-hetero) is 1. The molecule has 0 saturated carbocycles. The molecule has 2 aliphatic rings. The Morgan fingerprint density at radius 2 is 1.64 bits per heavy atom. The van der Waals surface area contributed by atoms with E-state index < -0.39 is 24.3 Å². The van der Waals surface area contributed by atoms with Gasteiger partial charge in [-0.1, -0.05) is 18.9 Å². The van der Waals surface area contributed by atoms with Gasteiger partial charge in [-0.05, 0) is 25.8 Å². The Kier molecular flexibility index (Phi) is 15.7. The van der Waals surface area contributed by atoms with E-state index in [0.717, 1.165) is 67.4 Å². The number of alkyl halides is 6. The highest BCUT2D eigenvalue weighted by molar-refractivity contribution is 5.89. The van der Waals surface area contributed by atoms with Crippen LogP contribution in [-0.4, -0.2) is 75.1 Å². The molecule has 45 heavy (non-hydrogen) atoms. The number of carbonyl (C=O) groups excluding carboxylic acids is 4. The molecule has 4 atom stereocenters. The van der Waals surface area contributed by atoms with Crippen LogP contribution in [0.2, 0.25) is 0 Å². The van der Waals surface area contributed by atoms with Gasteiger partial charge in [-0.25, -0.2) is 9.89 Å². The van der Waals surface area contributed by atoms with Crippen LogP contribution in [0.5, 0.6) is 5.75 Å². The van der Waals surface area contributed by atoms with Crippen LogP contribution in [0.1, 0.15) is 45.4 Å². The number of hydrogen-bond acceptors (Lipinski definition) is 8. The maximum absolute atomic E-state index is 13.0. The SMILES string of the molecule is COc1cccc([NH+]2C=CN=C2[C@H](CCCCCC(C)=O)NC(=O)[C@@H]2CC[NH+](C)C2)c1.O=C([O-])C(F)(F)F.O=C([O-])C(F)(F)F. The fraction of sp³-hybridized carbons (Fsp3) is 0.536. The minimum absolute atomic E-state index is 0.0652. The predicted octanol–water partition coefficient (Wildman–Crippen LogP) is -0.749. The number of amidine groups is 1. The van der Waals surface area contributed by atoms with Crippen molar-refractivity contribution in [1.82, 2.24) is 5.32 Å². The number of quaternary nitrogens is 2. The summed E-state index contributed by atoms with van der Waals surface area (Å²) in [6, 6.07) is 7.80. The van der Waals surface area contributed by atoms with Gasteiger partial charge in [-0.15, -0.1) is 0 Å². The third-order valence-corrected chi connectivity index (χ3v) is 6.63. The fourth-order valence-electron chi connectivity index (χ4n) is 4.39. The van der Waals surface area contributed by atoms with Crippen LogP contribution in [0, 0.1) is 5.92 Å². The summed E-state index contributed by atoms with van der Waals surface area (Å²) in [5, 5.41) is 20.9. The molecule has 252 valence electrons. The molecule has 1 aromatic carbocycles. The van der Waals surface area contributed by atoms with Gasteiger partial charge >= 0.3 is 12.4 Å². The Balaban J connectivity index is 0.000000601. The van der Waals surface area contributed by atoms with E-state index in [9.17, 15) is 35.9 Å². The number of benzene rings is 1. The van der Waals surface area contributed by atoms with Crippen molar-refractivity contribution in [3.63, 3.8) is 0 Å². The van der Waals surface area contributed by atoms with Gasteiger partial charge in [-0.2, -0.15) is 26.3 Å². The Hall–Kier alpha value is -3.99. The molecule has 0 radical (unpaired) electrons. The van der Waals surface area contributed by atoms with Crippen molar-refractivity contribution in [3.05, 3.63) is 36.7 Å². The number of nitrogens with zero attached hydrogens (tertiary/aromatic N) is 1. The highest BCUT2D eigenvalue weighted by atomic mass is 19.4. The molecule has 3 N–H and O–H groups in total. The second kappa shape index (κ2) is 18.1. The summed E-state index contributed by atoms with van der Waals surface area (Å²) in [7, 11) is 3.80. The Morgan fingerprint density at radius 3 is 2.13 bits per heavy atom. The summed E-state index contributed by atoms with van der Waals surface area (Å²) in [5.74, 6) is -3.88. The zero-order valence-corrected chi connectivity index (χ0v) is 24.8. The van der Waals surface area contributed by atoms with Crippen molar-refractivity contribution in [1.29, 1.82) is 0 Å². The second-order valence-electron chi connectivity index (χ2n) is 10.3. The van der Waals surface area contributed by atoms with Crippen LogP contribution in [0.3, 0.4) is 0 Å². The number of rotatable bonds is 11. The maximum atomic E-state index is 13.0. The van der Waals surface area contributed by atoms with Crippen molar-refractivity contribution in [2.24, 2.45) is 10.9 Å². The molecule has 3 rings (SSSR count). The number of carbonyl (C=O) groups is 4. The first-order valence-corrected chi connectivity index (χ1v) is 13.8. The first-order chi connectivity index (χ1) is 20.9. The summed E-state index contributed by atoms with van der Waals surface area (Å²) < 4.78 is 68.5. The lowest BCUT2D eigenvalue weighted by atomic mass is 10.0. The molecule has 17 heteroatoms. The minimum atomic E-state index is -5.19. The quantitative estimate of drug-likeness (QED) is 0.210. The van der Waals surface area contributed by atoms with Crippen molar-refractivity contribution >= 4 is 35.2 Å². The molecule has 1 amide bonds. The van der Waals surface area contributed by atoms with Crippen LogP contribution in [-0.2, 0) is 19.2 Å². The number of nitrogens with one attached hydrogen (secondary N) is 3. The maximum Gasteiger partial charge on any atom is 0.430 e. The largest absolute Gasteiger partial charge is 0.542 e. The number of carboxylic acids is 2. The lowest BCUT2D eigenvalue weighted by molar-refractivity contribution is -0.867. The number of likely N-dealkylation sites (tertiary alicyclic amines) is 1.